The Bertz CT molecular complexity index is 1100. The Morgan fingerprint density at radius 3 is 2.19 bits per heavy atom. The van der Waals surface area contributed by atoms with Gasteiger partial charge in [0.15, 0.2) is 0 Å². The van der Waals surface area contributed by atoms with Crippen molar-refractivity contribution in [2.24, 2.45) is 0 Å². The van der Waals surface area contributed by atoms with Gasteiger partial charge in [-0.3, -0.25) is 14.4 Å². The normalized spacial score (nSPS) is 11.0. The van der Waals surface area contributed by atoms with Crippen LogP contribution in [0.3, 0.4) is 0 Å². The zero-order chi connectivity index (χ0) is 24.9. The fourth-order valence-corrected chi connectivity index (χ4v) is 3.48. The summed E-state index contributed by atoms with van der Waals surface area (Å²) in [6.07, 6.45) is 4.70. The predicted octanol–water partition coefficient (Wildman–Crippen LogP) is 0.291. The number of carboxylic acid groups (broad SMARTS) is 1. The molecule has 4 N–H and O–H groups in total. The maximum absolute atomic E-state index is 12.4. The van der Waals surface area contributed by atoms with Crippen LogP contribution in [0.4, 0.5) is 5.95 Å². The number of hydrogen-bond donors (Lipinski definition) is 4. The molecule has 0 bridgehead atoms. The summed E-state index contributed by atoms with van der Waals surface area (Å²) in [7, 11) is 0. The molecule has 0 radical (unpaired) electrons. The Balaban J connectivity index is 0.00000342. The van der Waals surface area contributed by atoms with E-state index >= 15 is 0 Å². The first-order chi connectivity index (χ1) is 17.0. The molecule has 2 amide bonds. The van der Waals surface area contributed by atoms with E-state index in [0.29, 0.717) is 24.5 Å². The number of aliphatic carboxylic acids is 1. The van der Waals surface area contributed by atoms with E-state index in [9.17, 15) is 19.5 Å². The Kier molecular flexibility index (Phi) is 12.6. The van der Waals surface area contributed by atoms with E-state index in [2.05, 4.69) is 25.9 Å². The van der Waals surface area contributed by atoms with Crippen LogP contribution in [-0.4, -0.2) is 45.9 Å². The summed E-state index contributed by atoms with van der Waals surface area (Å²) in [4.78, 5) is 43.9. The molecule has 36 heavy (non-hydrogen) atoms. The van der Waals surface area contributed by atoms with E-state index in [1.54, 1.807) is 18.5 Å². The van der Waals surface area contributed by atoms with Gasteiger partial charge in [0, 0.05) is 25.4 Å². The molecule has 2 aromatic carbocycles. The van der Waals surface area contributed by atoms with Gasteiger partial charge in [0.05, 0.1) is 19.0 Å². The number of rotatable bonds is 13. The second-order valence-corrected chi connectivity index (χ2v) is 7.94. The summed E-state index contributed by atoms with van der Waals surface area (Å²) in [6, 6.07) is 18.2. The van der Waals surface area contributed by atoms with Gasteiger partial charge in [0.1, 0.15) is 0 Å². The zero-order valence-electron chi connectivity index (χ0n) is 21.3. The first-order valence-corrected chi connectivity index (χ1v) is 11.5. The Morgan fingerprint density at radius 1 is 0.861 bits per heavy atom. The minimum Gasteiger partial charge on any atom is -1.00 e. The topological polar surface area (TPSA) is 133 Å². The van der Waals surface area contributed by atoms with Crippen molar-refractivity contribution in [2.75, 3.05) is 18.4 Å². The van der Waals surface area contributed by atoms with Gasteiger partial charge in [-0.2, -0.15) is 0 Å². The number of aromatic nitrogens is 2. The van der Waals surface area contributed by atoms with E-state index in [0.717, 1.165) is 17.5 Å². The van der Waals surface area contributed by atoms with Gasteiger partial charge >= 0.3 is 35.5 Å². The van der Waals surface area contributed by atoms with Crippen molar-refractivity contribution >= 4 is 23.7 Å². The fourth-order valence-electron chi connectivity index (χ4n) is 3.48. The van der Waals surface area contributed by atoms with Gasteiger partial charge in [-0.15, -0.1) is 0 Å². The number of anilines is 1. The number of nitrogens with zero attached hydrogens (tertiary/aromatic N) is 2. The number of carboxylic acids is 1. The van der Waals surface area contributed by atoms with Crippen LogP contribution in [0.2, 0.25) is 0 Å². The summed E-state index contributed by atoms with van der Waals surface area (Å²) in [5, 5.41) is 17.7. The predicted molar refractivity (Wildman–Crippen MR) is 134 cm³/mol. The fraction of sp³-hybridized carbons (Fsp3) is 0.269. The number of benzene rings is 2. The van der Waals surface area contributed by atoms with Crippen LogP contribution >= 0.6 is 0 Å². The van der Waals surface area contributed by atoms with Crippen molar-refractivity contribution < 1.29 is 50.5 Å². The average Bonchev–Trinajstić information content (AvgIpc) is 2.88. The quantitative estimate of drug-likeness (QED) is 0.196. The van der Waals surface area contributed by atoms with Gasteiger partial charge < -0.3 is 22.5 Å². The van der Waals surface area contributed by atoms with E-state index < -0.39 is 17.9 Å². The van der Waals surface area contributed by atoms with Crippen LogP contribution in [0, 0.1) is 0 Å². The number of unbranched alkanes of at least 4 members (excludes halogenated alkanes) is 1. The molecule has 1 heterocycles. The van der Waals surface area contributed by atoms with Gasteiger partial charge in [0.2, 0.25) is 17.8 Å². The molecule has 1 atom stereocenters. The molecule has 0 spiro atoms. The number of hydrogen-bond acceptors (Lipinski definition) is 6. The Hall–Kier alpha value is -3.27. The van der Waals surface area contributed by atoms with Crippen molar-refractivity contribution in [3.05, 3.63) is 78.6 Å². The van der Waals surface area contributed by atoms with Crippen LogP contribution in [-0.2, 0) is 14.4 Å². The van der Waals surface area contributed by atoms with Crippen molar-refractivity contribution in [1.29, 1.82) is 0 Å². The molecular formula is C26H30N5NaO4. The molecular weight excluding hydrogens is 469 g/mol. The summed E-state index contributed by atoms with van der Waals surface area (Å²) in [5.41, 5.74) is 2.72. The molecule has 184 valence electrons. The molecule has 3 rings (SSSR count). The largest absolute Gasteiger partial charge is 1.00 e. The number of carbonyl (C=O) groups excluding carboxylic acids is 2. The number of carbonyl (C=O) groups is 3. The molecule has 9 nitrogen and oxygen atoms in total. The van der Waals surface area contributed by atoms with Crippen LogP contribution < -0.4 is 45.5 Å². The van der Waals surface area contributed by atoms with E-state index in [1.807, 2.05) is 54.6 Å². The van der Waals surface area contributed by atoms with E-state index in [4.69, 9.17) is 0 Å². The minimum absolute atomic E-state index is 0. The molecule has 1 aromatic heterocycles. The summed E-state index contributed by atoms with van der Waals surface area (Å²) >= 11 is 0. The Morgan fingerprint density at radius 2 is 1.53 bits per heavy atom. The number of amides is 2. The number of nitrogens with one attached hydrogen (secondary N) is 3. The maximum atomic E-state index is 12.4. The maximum Gasteiger partial charge on any atom is 1.00 e. The summed E-state index contributed by atoms with van der Waals surface area (Å²) < 4.78 is 0. The first-order valence-electron chi connectivity index (χ1n) is 11.5. The Labute approximate surface area is 233 Å². The molecule has 1 unspecified atom stereocenters. The molecule has 10 heteroatoms. The molecule has 0 aliphatic heterocycles. The summed E-state index contributed by atoms with van der Waals surface area (Å²) in [6.45, 7) is 0.421. The molecule has 3 aromatic rings. The molecule has 0 aliphatic rings. The van der Waals surface area contributed by atoms with Crippen LogP contribution in [0.5, 0.6) is 0 Å². The third kappa shape index (κ3) is 10.2. The van der Waals surface area contributed by atoms with Crippen molar-refractivity contribution in [2.45, 2.75) is 31.7 Å². The SMILES string of the molecule is O=C(O)CC(NC(=O)CNC(=O)CCCCNc1ncccn1)c1ccc(-c2ccccc2)cc1.[H-].[Na+]. The first kappa shape index (κ1) is 29.0. The zero-order valence-corrected chi connectivity index (χ0v) is 22.3. The van der Waals surface area contributed by atoms with E-state index in [-0.39, 0.29) is 56.3 Å². The molecule has 0 saturated carbocycles. The van der Waals surface area contributed by atoms with Crippen molar-refractivity contribution in [3.8, 4) is 11.1 Å². The van der Waals surface area contributed by atoms with Crippen LogP contribution in [0.1, 0.15) is 38.7 Å². The smallest absolute Gasteiger partial charge is 1.00 e. The second kappa shape index (κ2) is 15.7. The van der Waals surface area contributed by atoms with E-state index in [1.165, 1.54) is 0 Å². The third-order valence-corrected chi connectivity index (χ3v) is 5.26. The van der Waals surface area contributed by atoms with Gasteiger partial charge in [-0.25, -0.2) is 9.97 Å². The molecule has 0 aliphatic carbocycles. The van der Waals surface area contributed by atoms with Gasteiger partial charge in [-0.1, -0.05) is 54.6 Å². The standard InChI is InChI=1S/C26H29N5O4.Na.H/c32-23(9-4-5-14-27-26-28-15-6-16-29-26)30-18-24(33)31-22(17-25(34)35)21-12-10-20(11-13-21)19-7-2-1-3-8-19;;/h1-3,6-8,10-13,15-16,22H,4-5,9,14,17-18H2,(H,30,32)(H,31,33)(H,34,35)(H,27,28,29);;/q;+1;-1. The van der Waals surface area contributed by atoms with Crippen LogP contribution in [0.15, 0.2) is 73.1 Å². The second-order valence-electron chi connectivity index (χ2n) is 7.94. The summed E-state index contributed by atoms with van der Waals surface area (Å²) in [5.74, 6) is -1.17. The van der Waals surface area contributed by atoms with Crippen molar-refractivity contribution in [1.82, 2.24) is 20.6 Å². The van der Waals surface area contributed by atoms with Gasteiger partial charge in [0.25, 0.3) is 0 Å². The van der Waals surface area contributed by atoms with Crippen LogP contribution in [0.25, 0.3) is 11.1 Å². The average molecular weight is 500 g/mol. The molecule has 0 fully saturated rings. The van der Waals surface area contributed by atoms with Gasteiger partial charge in [-0.05, 0) is 35.6 Å². The molecule has 0 saturated heterocycles. The van der Waals surface area contributed by atoms with Crippen molar-refractivity contribution in [3.63, 3.8) is 0 Å². The minimum atomic E-state index is -1.03. The monoisotopic (exact) mass is 499 g/mol. The third-order valence-electron chi connectivity index (χ3n) is 5.26.